The highest BCUT2D eigenvalue weighted by atomic mass is 32.2. The molecule has 0 aromatic heterocycles. The third-order valence-corrected chi connectivity index (χ3v) is 4.61. The molecule has 19 heavy (non-hydrogen) atoms. The summed E-state index contributed by atoms with van der Waals surface area (Å²) in [5.74, 6) is -2.04. The van der Waals surface area contributed by atoms with E-state index in [1.54, 1.807) is 0 Å². The van der Waals surface area contributed by atoms with E-state index in [0.29, 0.717) is 5.25 Å². The van der Waals surface area contributed by atoms with Crippen molar-refractivity contribution in [3.63, 3.8) is 0 Å². The van der Waals surface area contributed by atoms with Gasteiger partial charge in [0.25, 0.3) is 0 Å². The summed E-state index contributed by atoms with van der Waals surface area (Å²) in [6.45, 7) is 2.06. The first-order valence-electron chi connectivity index (χ1n) is 6.33. The van der Waals surface area contributed by atoms with Crippen LogP contribution in [0.5, 0.6) is 0 Å². The van der Waals surface area contributed by atoms with E-state index in [1.807, 2.05) is 11.8 Å². The Morgan fingerprint density at radius 1 is 1.32 bits per heavy atom. The Labute approximate surface area is 116 Å². The van der Waals surface area contributed by atoms with Crippen LogP contribution >= 0.6 is 11.8 Å². The molecule has 1 fully saturated rings. The zero-order chi connectivity index (χ0) is 13.8. The molecule has 1 aromatic carbocycles. The number of Topliss-reactive ketones (excluding diaryl/α,β-unsaturated/α-hetero) is 1. The summed E-state index contributed by atoms with van der Waals surface area (Å²) in [5.41, 5.74) is 0.242. The Hall–Kier alpha value is -0.940. The highest BCUT2D eigenvalue weighted by Crippen LogP contribution is 2.21. The first-order valence-corrected chi connectivity index (χ1v) is 7.62. The number of halogens is 2. The van der Waals surface area contributed by atoms with Gasteiger partial charge in [0.2, 0.25) is 0 Å². The second-order valence-corrected chi connectivity index (χ2v) is 5.90. The topological polar surface area (TPSA) is 20.3 Å². The van der Waals surface area contributed by atoms with Gasteiger partial charge in [-0.2, -0.15) is 11.8 Å². The molecule has 0 radical (unpaired) electrons. The van der Waals surface area contributed by atoms with Crippen LogP contribution in [-0.4, -0.2) is 41.8 Å². The maximum Gasteiger partial charge on any atom is 0.176 e. The molecule has 1 aromatic rings. The maximum absolute atomic E-state index is 13.1. The zero-order valence-electron chi connectivity index (χ0n) is 10.9. The Bertz CT molecular complexity index is 459. The first kappa shape index (κ1) is 14.5. The van der Waals surface area contributed by atoms with Crippen LogP contribution in [0.3, 0.4) is 0 Å². The fraction of sp³-hybridized carbons (Fsp3) is 0.500. The summed E-state index contributed by atoms with van der Waals surface area (Å²) in [7, 11) is 0. The van der Waals surface area contributed by atoms with Gasteiger partial charge in [-0.1, -0.05) is 0 Å². The molecule has 5 heteroatoms. The third-order valence-electron chi connectivity index (χ3n) is 3.48. The summed E-state index contributed by atoms with van der Waals surface area (Å²) >= 11 is 1.86. The molecule has 2 nitrogen and oxygen atoms in total. The van der Waals surface area contributed by atoms with Gasteiger partial charge in [0.05, 0.1) is 6.54 Å². The van der Waals surface area contributed by atoms with Crippen molar-refractivity contribution in [1.29, 1.82) is 0 Å². The largest absolute Gasteiger partial charge is 0.296 e. The fourth-order valence-electron chi connectivity index (χ4n) is 2.27. The van der Waals surface area contributed by atoms with Crippen molar-refractivity contribution in [2.75, 3.05) is 25.9 Å². The number of rotatable bonds is 4. The SMILES string of the molecule is CSC1CCN(CC(=O)c2ccc(F)c(F)c2)CC1. The minimum atomic E-state index is -0.966. The number of hydrogen-bond acceptors (Lipinski definition) is 3. The van der Waals surface area contributed by atoms with E-state index in [1.165, 1.54) is 6.07 Å². The average molecular weight is 285 g/mol. The lowest BCUT2D eigenvalue weighted by atomic mass is 10.1. The molecule has 0 amide bonds. The van der Waals surface area contributed by atoms with Crippen LogP contribution in [0, 0.1) is 11.6 Å². The summed E-state index contributed by atoms with van der Waals surface area (Å²) in [5, 5.41) is 0.676. The fourth-order valence-corrected chi connectivity index (χ4v) is 2.95. The molecule has 0 N–H and O–H groups in total. The van der Waals surface area contributed by atoms with E-state index in [0.717, 1.165) is 38.1 Å². The van der Waals surface area contributed by atoms with E-state index in [9.17, 15) is 13.6 Å². The van der Waals surface area contributed by atoms with Crippen molar-refractivity contribution < 1.29 is 13.6 Å². The molecule has 1 saturated heterocycles. The molecule has 104 valence electrons. The molecule has 2 rings (SSSR count). The van der Waals surface area contributed by atoms with Crippen LogP contribution in [-0.2, 0) is 0 Å². The number of carbonyl (C=O) groups excluding carboxylic acids is 1. The number of likely N-dealkylation sites (tertiary alicyclic amines) is 1. The predicted molar refractivity (Wildman–Crippen MR) is 73.7 cm³/mol. The van der Waals surface area contributed by atoms with Crippen LogP contribution in [0.15, 0.2) is 18.2 Å². The van der Waals surface area contributed by atoms with Gasteiger partial charge in [0, 0.05) is 10.8 Å². The molecule has 0 aliphatic carbocycles. The second-order valence-electron chi connectivity index (χ2n) is 4.76. The first-order chi connectivity index (χ1) is 9.10. The smallest absolute Gasteiger partial charge is 0.176 e. The van der Waals surface area contributed by atoms with Crippen LogP contribution < -0.4 is 0 Å². The predicted octanol–water partition coefficient (Wildman–Crippen LogP) is 2.97. The van der Waals surface area contributed by atoms with E-state index in [2.05, 4.69) is 11.2 Å². The van der Waals surface area contributed by atoms with Crippen molar-refractivity contribution in [2.24, 2.45) is 0 Å². The Balaban J connectivity index is 1.92. The molecule has 0 unspecified atom stereocenters. The van der Waals surface area contributed by atoms with Gasteiger partial charge in [0.1, 0.15) is 0 Å². The summed E-state index contributed by atoms with van der Waals surface area (Å²) in [4.78, 5) is 14.1. The normalized spacial score (nSPS) is 17.6. The molecule has 0 atom stereocenters. The monoisotopic (exact) mass is 285 g/mol. The van der Waals surface area contributed by atoms with Crippen LogP contribution in [0.4, 0.5) is 8.78 Å². The van der Waals surface area contributed by atoms with Gasteiger partial charge < -0.3 is 0 Å². The molecule has 0 saturated carbocycles. The minimum Gasteiger partial charge on any atom is -0.296 e. The van der Waals surface area contributed by atoms with E-state index in [-0.39, 0.29) is 17.9 Å². The van der Waals surface area contributed by atoms with E-state index < -0.39 is 11.6 Å². The van der Waals surface area contributed by atoms with E-state index >= 15 is 0 Å². The lowest BCUT2D eigenvalue weighted by molar-refractivity contribution is 0.0916. The molecule has 1 aliphatic rings. The van der Waals surface area contributed by atoms with Gasteiger partial charge in [-0.25, -0.2) is 8.78 Å². The highest BCUT2D eigenvalue weighted by Gasteiger charge is 2.20. The van der Waals surface area contributed by atoms with Gasteiger partial charge in [0.15, 0.2) is 17.4 Å². The van der Waals surface area contributed by atoms with Gasteiger partial charge in [-0.15, -0.1) is 0 Å². The lowest BCUT2D eigenvalue weighted by Gasteiger charge is -2.30. The maximum atomic E-state index is 13.1. The van der Waals surface area contributed by atoms with Gasteiger partial charge >= 0.3 is 0 Å². The number of nitrogens with zero attached hydrogens (tertiary/aromatic N) is 1. The molecule has 1 heterocycles. The number of ketones is 1. The standard InChI is InChI=1S/C14H17F2NOS/c1-19-11-4-6-17(7-5-11)9-14(18)10-2-3-12(15)13(16)8-10/h2-3,8,11H,4-7,9H2,1H3. The van der Waals surface area contributed by atoms with Crippen molar-refractivity contribution in [3.05, 3.63) is 35.4 Å². The molecule has 0 bridgehead atoms. The van der Waals surface area contributed by atoms with E-state index in [4.69, 9.17) is 0 Å². The quantitative estimate of drug-likeness (QED) is 0.793. The van der Waals surface area contributed by atoms with Crippen molar-refractivity contribution in [1.82, 2.24) is 4.90 Å². The molecular formula is C14H17F2NOS. The van der Waals surface area contributed by atoms with Gasteiger partial charge in [-0.05, 0) is 50.4 Å². The van der Waals surface area contributed by atoms with Crippen LogP contribution in [0.25, 0.3) is 0 Å². The number of carbonyl (C=O) groups is 1. The molecule has 0 spiro atoms. The average Bonchev–Trinajstić information content (AvgIpc) is 2.42. The van der Waals surface area contributed by atoms with Gasteiger partial charge in [-0.3, -0.25) is 9.69 Å². The lowest BCUT2D eigenvalue weighted by Crippen LogP contribution is -2.38. The zero-order valence-corrected chi connectivity index (χ0v) is 11.7. The number of piperidine rings is 1. The second kappa shape index (κ2) is 6.48. The number of thioether (sulfide) groups is 1. The third kappa shape index (κ3) is 3.76. The van der Waals surface area contributed by atoms with Crippen LogP contribution in [0.1, 0.15) is 23.2 Å². The Kier molecular flexibility index (Phi) is 4.93. The number of hydrogen-bond donors (Lipinski definition) is 0. The number of benzene rings is 1. The summed E-state index contributed by atoms with van der Waals surface area (Å²) in [6, 6.07) is 3.32. The Morgan fingerprint density at radius 2 is 2.00 bits per heavy atom. The highest BCUT2D eigenvalue weighted by molar-refractivity contribution is 7.99. The minimum absolute atomic E-state index is 0.151. The summed E-state index contributed by atoms with van der Waals surface area (Å²) in [6.07, 6.45) is 4.26. The molecular weight excluding hydrogens is 268 g/mol. The van der Waals surface area contributed by atoms with Crippen molar-refractivity contribution in [3.8, 4) is 0 Å². The Morgan fingerprint density at radius 3 is 2.58 bits per heavy atom. The molecule has 1 aliphatic heterocycles. The van der Waals surface area contributed by atoms with Crippen LogP contribution in [0.2, 0.25) is 0 Å². The van der Waals surface area contributed by atoms with Crippen molar-refractivity contribution >= 4 is 17.5 Å². The van der Waals surface area contributed by atoms with Crippen molar-refractivity contribution in [2.45, 2.75) is 18.1 Å². The summed E-state index contributed by atoms with van der Waals surface area (Å²) < 4.78 is 25.9.